The maximum absolute atomic E-state index is 2.82. The molecule has 0 atom stereocenters. The minimum absolute atomic E-state index is 0.00332. The first-order valence-electron chi connectivity index (χ1n) is 27.3. The number of benzene rings is 7. The second kappa shape index (κ2) is 14.2. The Kier molecular flexibility index (Phi) is 8.82. The summed E-state index contributed by atoms with van der Waals surface area (Å²) >= 11 is 0. The molecule has 0 spiro atoms. The number of hydrogen-bond acceptors (Lipinski definition) is 0. The largest absolute Gasteiger partial charge is 0.375 e. The molecule has 71 heavy (non-hydrogen) atoms. The smallest absolute Gasteiger partial charge is 0.333 e. The van der Waals surface area contributed by atoms with Crippen LogP contribution < -0.4 is 10.9 Å². The normalized spacial score (nSPS) is 21.4. The van der Waals surface area contributed by atoms with Crippen molar-refractivity contribution >= 4 is 61.4 Å². The highest BCUT2D eigenvalue weighted by atomic mass is 15.0. The van der Waals surface area contributed by atoms with Crippen LogP contribution in [0.2, 0.25) is 0 Å². The first kappa shape index (κ1) is 43.9. The summed E-state index contributed by atoms with van der Waals surface area (Å²) in [5.74, 6) is 2.59. The highest BCUT2D eigenvalue weighted by Crippen LogP contribution is 2.61. The van der Waals surface area contributed by atoms with E-state index < -0.39 is 0 Å². The van der Waals surface area contributed by atoms with E-state index in [1.165, 1.54) is 154 Å². The third-order valence-electron chi connectivity index (χ3n) is 18.9. The van der Waals surface area contributed by atoms with Crippen molar-refractivity contribution in [3.05, 3.63) is 149 Å². The van der Waals surface area contributed by atoms with Crippen molar-refractivity contribution in [1.29, 1.82) is 0 Å². The molecular weight excluding hydrogens is 856 g/mol. The Morgan fingerprint density at radius 1 is 0.423 bits per heavy atom. The molecule has 3 heteroatoms. The molecule has 4 fully saturated rings. The lowest BCUT2D eigenvalue weighted by molar-refractivity contribution is -0.00516. The minimum atomic E-state index is -0.0210. The van der Waals surface area contributed by atoms with Crippen LogP contribution in [0.4, 0.5) is 0 Å². The third-order valence-corrected chi connectivity index (χ3v) is 18.9. The van der Waals surface area contributed by atoms with Gasteiger partial charge in [-0.1, -0.05) is 156 Å². The van der Waals surface area contributed by atoms with Gasteiger partial charge in [-0.2, -0.15) is 0 Å². The Labute approximate surface area is 423 Å². The van der Waals surface area contributed by atoms with Crippen molar-refractivity contribution in [3.8, 4) is 39.1 Å². The Morgan fingerprint density at radius 2 is 0.915 bits per heavy atom. The second-order valence-corrected chi connectivity index (χ2v) is 27.8. The van der Waals surface area contributed by atoms with E-state index in [-0.39, 0.29) is 33.9 Å². The first-order chi connectivity index (χ1) is 33.6. The van der Waals surface area contributed by atoms with Crippen LogP contribution in [-0.4, -0.2) is 15.9 Å². The summed E-state index contributed by atoms with van der Waals surface area (Å²) in [7, 11) is 0. The van der Waals surface area contributed by atoms with Gasteiger partial charge in [0.2, 0.25) is 0 Å². The highest BCUT2D eigenvalue weighted by molar-refractivity contribution is 6.90. The Morgan fingerprint density at radius 3 is 1.51 bits per heavy atom. The van der Waals surface area contributed by atoms with Crippen molar-refractivity contribution in [3.63, 3.8) is 0 Å². The van der Waals surface area contributed by atoms with E-state index in [1.54, 1.807) is 5.56 Å². The number of fused-ring (bicyclic) bond motifs is 10. The average molecular weight is 927 g/mol. The zero-order chi connectivity index (χ0) is 49.1. The van der Waals surface area contributed by atoms with Crippen LogP contribution in [-0.2, 0) is 27.1 Å². The van der Waals surface area contributed by atoms with E-state index in [2.05, 4.69) is 213 Å². The van der Waals surface area contributed by atoms with E-state index >= 15 is 0 Å². The second-order valence-electron chi connectivity index (χ2n) is 27.8. The molecule has 4 saturated carbocycles. The van der Waals surface area contributed by atoms with Gasteiger partial charge in [0.25, 0.3) is 0 Å². The maximum atomic E-state index is 2.82. The molecule has 2 aliphatic heterocycles. The zero-order valence-electron chi connectivity index (χ0n) is 44.5. The van der Waals surface area contributed by atoms with Gasteiger partial charge in [0.05, 0.1) is 11.0 Å². The fraction of sp³-hybridized carbons (Fsp3) is 0.382. The summed E-state index contributed by atoms with van der Waals surface area (Å²) < 4.78 is 5.58. The molecule has 2 aromatic heterocycles. The molecule has 4 heterocycles. The first-order valence-corrected chi connectivity index (χ1v) is 27.3. The molecule has 0 radical (unpaired) electrons. The summed E-state index contributed by atoms with van der Waals surface area (Å²) in [4.78, 5) is 0. The summed E-state index contributed by atoms with van der Waals surface area (Å²) in [6.45, 7) is 28.2. The van der Waals surface area contributed by atoms with Crippen molar-refractivity contribution in [1.82, 2.24) is 9.05 Å². The summed E-state index contributed by atoms with van der Waals surface area (Å²) in [5.41, 5.74) is 25.3. The van der Waals surface area contributed by atoms with Crippen molar-refractivity contribution in [2.24, 2.45) is 17.8 Å². The number of rotatable bonds is 3. The summed E-state index contributed by atoms with van der Waals surface area (Å²) in [6, 6.07) is 49.7. The van der Waals surface area contributed by atoms with Gasteiger partial charge in [0.1, 0.15) is 0 Å². The predicted octanol–water partition coefficient (Wildman–Crippen LogP) is 16.8. The van der Waals surface area contributed by atoms with Crippen LogP contribution in [0.5, 0.6) is 0 Å². The standard InChI is InChI=1S/C68H71BN2/c1-64(2,3)46-18-13-42(14-19-46)44-17-23-58-51(28-44)54-29-45(43-15-20-47(21-16-43)65(4,5)6)30-57-63(54)70(58)60-35-50(68-36-39-25-40(37-68)27-41(26-39)38-68)34-53-56-33-49(67(10,11)12)32-55-52-31-48(66(7,8)9)22-24-59(52)71(62(55)56)69(57)61(53)60/h13-24,28-35,39-41H,25-27,36-38H2,1-12H3. The van der Waals surface area contributed by atoms with Crippen LogP contribution in [0.25, 0.3) is 82.7 Å². The zero-order valence-corrected chi connectivity index (χ0v) is 44.5. The SMILES string of the molecule is CC(C)(C)c1ccc(-c2ccc3c(c2)c2cc(-c4ccc(C(C)(C)C)cc4)cc4c2n3-c2cc(C35CC6CC(CC(C6)C3)C5)cc3c2B4n2c4ccc(C(C)(C)C)cc4c4cc(C(C)(C)C)cc-3c42)cc1. The van der Waals surface area contributed by atoms with Crippen LogP contribution in [0, 0.1) is 17.8 Å². The van der Waals surface area contributed by atoms with Crippen molar-refractivity contribution in [2.75, 3.05) is 0 Å². The van der Waals surface area contributed by atoms with Gasteiger partial charge in [-0.25, -0.2) is 0 Å². The molecule has 0 amide bonds. The molecule has 4 aliphatic carbocycles. The lowest BCUT2D eigenvalue weighted by atomic mass is 9.44. The monoisotopic (exact) mass is 927 g/mol. The van der Waals surface area contributed by atoms with Crippen LogP contribution >= 0.6 is 0 Å². The van der Waals surface area contributed by atoms with Gasteiger partial charge in [-0.05, 0) is 198 Å². The molecule has 6 aliphatic rings. The van der Waals surface area contributed by atoms with Gasteiger partial charge < -0.3 is 9.05 Å². The van der Waals surface area contributed by atoms with Gasteiger partial charge >= 0.3 is 6.85 Å². The van der Waals surface area contributed by atoms with Crippen molar-refractivity contribution in [2.45, 2.75) is 149 Å². The van der Waals surface area contributed by atoms with Crippen LogP contribution in [0.1, 0.15) is 149 Å². The van der Waals surface area contributed by atoms with E-state index in [0.717, 1.165) is 17.8 Å². The molecule has 15 rings (SSSR count). The quantitative estimate of drug-likeness (QED) is 0.156. The molecule has 9 aromatic rings. The van der Waals surface area contributed by atoms with Crippen molar-refractivity contribution < 1.29 is 0 Å². The minimum Gasteiger partial charge on any atom is -0.375 e. The molecule has 0 saturated heterocycles. The van der Waals surface area contributed by atoms with Crippen LogP contribution in [0.15, 0.2) is 121 Å². The molecule has 0 unspecified atom stereocenters. The molecule has 2 nitrogen and oxygen atoms in total. The molecule has 4 bridgehead atoms. The van der Waals surface area contributed by atoms with E-state index in [1.807, 2.05) is 0 Å². The fourth-order valence-electron chi connectivity index (χ4n) is 15.4. The topological polar surface area (TPSA) is 9.86 Å². The van der Waals surface area contributed by atoms with Gasteiger partial charge in [-0.3, -0.25) is 0 Å². The molecule has 0 N–H and O–H groups in total. The molecular formula is C68H71BN2. The van der Waals surface area contributed by atoms with E-state index in [9.17, 15) is 0 Å². The Balaban J connectivity index is 1.13. The lowest BCUT2D eigenvalue weighted by Crippen LogP contribution is -2.56. The van der Waals surface area contributed by atoms with E-state index in [4.69, 9.17) is 0 Å². The number of nitrogens with zero attached hydrogens (tertiary/aromatic N) is 2. The summed E-state index contributed by atoms with van der Waals surface area (Å²) in [6.07, 6.45) is 8.39. The highest BCUT2D eigenvalue weighted by Gasteiger charge is 2.53. The Hall–Kier alpha value is -5.80. The summed E-state index contributed by atoms with van der Waals surface area (Å²) in [5, 5.41) is 5.47. The lowest BCUT2D eigenvalue weighted by Gasteiger charge is -2.57. The van der Waals surface area contributed by atoms with E-state index in [0.29, 0.717) is 0 Å². The molecule has 7 aromatic carbocycles. The van der Waals surface area contributed by atoms with Gasteiger partial charge in [0, 0.05) is 43.8 Å². The fourth-order valence-corrected chi connectivity index (χ4v) is 15.4. The molecule has 356 valence electrons. The number of aromatic nitrogens is 2. The average Bonchev–Trinajstić information content (AvgIpc) is 3.82. The number of hydrogen-bond donors (Lipinski definition) is 0. The van der Waals surface area contributed by atoms with Crippen LogP contribution in [0.3, 0.4) is 0 Å². The maximum Gasteiger partial charge on any atom is 0.333 e. The van der Waals surface area contributed by atoms with Gasteiger partial charge in [-0.15, -0.1) is 0 Å². The third kappa shape index (κ3) is 6.39. The predicted molar refractivity (Wildman–Crippen MR) is 305 cm³/mol. The Bertz CT molecular complexity index is 3710. The van der Waals surface area contributed by atoms with Gasteiger partial charge in [0.15, 0.2) is 0 Å².